The Hall–Kier alpha value is -2.67. The highest BCUT2D eigenvalue weighted by Gasteiger charge is 2.23. The molecule has 2 heterocycles. The van der Waals surface area contributed by atoms with E-state index in [1.165, 1.54) is 18.3 Å². The Morgan fingerprint density at radius 1 is 1.16 bits per heavy atom. The molecule has 0 atom stereocenters. The molecule has 0 saturated heterocycles. The predicted octanol–water partition coefficient (Wildman–Crippen LogP) is 2.90. The van der Waals surface area contributed by atoms with Gasteiger partial charge in [0.2, 0.25) is 5.78 Å². The molecule has 0 bridgehead atoms. The highest BCUT2D eigenvalue weighted by atomic mass is 35.5. The number of nitrogens with zero attached hydrogens (tertiary/aromatic N) is 1. The second-order valence-electron chi connectivity index (χ2n) is 5.21. The van der Waals surface area contributed by atoms with Gasteiger partial charge < -0.3 is 14.5 Å². The number of nitrogens with one attached hydrogen (secondary N) is 1. The summed E-state index contributed by atoms with van der Waals surface area (Å²) < 4.78 is 9.95. The summed E-state index contributed by atoms with van der Waals surface area (Å²) in [6.07, 6.45) is 1.26. The maximum atomic E-state index is 12.4. The Labute approximate surface area is 149 Å². The van der Waals surface area contributed by atoms with Gasteiger partial charge in [-0.1, -0.05) is 11.6 Å². The summed E-state index contributed by atoms with van der Waals surface area (Å²) in [5.74, 6) is -1.64. The standard InChI is InChI=1S/C17H17ClN2O5/c1-4-24-17(23)15-9(2)14(10(3)20-15)12(21)8-25-16(22)11-5-6-13(18)19-7-11/h5-7,20H,4,8H2,1-3H3. The van der Waals surface area contributed by atoms with Crippen LogP contribution >= 0.6 is 11.6 Å². The number of ether oxygens (including phenoxy) is 2. The molecule has 8 heteroatoms. The van der Waals surface area contributed by atoms with Gasteiger partial charge in [0.15, 0.2) is 6.61 Å². The maximum Gasteiger partial charge on any atom is 0.355 e. The van der Waals surface area contributed by atoms with Crippen LogP contribution in [0.2, 0.25) is 5.15 Å². The van der Waals surface area contributed by atoms with Crippen LogP contribution in [0, 0.1) is 13.8 Å². The van der Waals surface area contributed by atoms with E-state index in [2.05, 4.69) is 9.97 Å². The number of aromatic amines is 1. The summed E-state index contributed by atoms with van der Waals surface area (Å²) in [7, 11) is 0. The van der Waals surface area contributed by atoms with Gasteiger partial charge in [0, 0.05) is 17.5 Å². The first-order chi connectivity index (χ1) is 11.8. The van der Waals surface area contributed by atoms with Gasteiger partial charge in [-0.15, -0.1) is 0 Å². The van der Waals surface area contributed by atoms with Crippen molar-refractivity contribution in [2.75, 3.05) is 13.2 Å². The molecule has 0 fully saturated rings. The van der Waals surface area contributed by atoms with E-state index in [0.29, 0.717) is 16.8 Å². The molecule has 0 amide bonds. The second-order valence-corrected chi connectivity index (χ2v) is 5.60. The molecule has 0 aromatic carbocycles. The first kappa shape index (κ1) is 18.7. The van der Waals surface area contributed by atoms with E-state index >= 15 is 0 Å². The second kappa shape index (κ2) is 7.94. The first-order valence-corrected chi connectivity index (χ1v) is 7.91. The van der Waals surface area contributed by atoms with Crippen molar-refractivity contribution in [3.63, 3.8) is 0 Å². The van der Waals surface area contributed by atoms with Crippen molar-refractivity contribution >= 4 is 29.3 Å². The summed E-state index contributed by atoms with van der Waals surface area (Å²) in [6.45, 7) is 4.76. The average molecular weight is 365 g/mol. The van der Waals surface area contributed by atoms with E-state index in [4.69, 9.17) is 21.1 Å². The zero-order valence-corrected chi connectivity index (χ0v) is 14.8. The smallest absolute Gasteiger partial charge is 0.355 e. The van der Waals surface area contributed by atoms with Crippen LogP contribution in [-0.4, -0.2) is 40.9 Å². The van der Waals surface area contributed by atoms with Crippen molar-refractivity contribution in [3.8, 4) is 0 Å². The third-order valence-electron chi connectivity index (χ3n) is 3.49. The number of hydrogen-bond acceptors (Lipinski definition) is 6. The molecule has 1 N–H and O–H groups in total. The third kappa shape index (κ3) is 4.24. The Kier molecular flexibility index (Phi) is 5.93. The minimum atomic E-state index is -0.686. The van der Waals surface area contributed by atoms with Gasteiger partial charge in [0.25, 0.3) is 0 Å². The number of carbonyl (C=O) groups is 3. The van der Waals surface area contributed by atoms with Crippen LogP contribution in [0.15, 0.2) is 18.3 Å². The minimum absolute atomic E-state index is 0.187. The number of pyridine rings is 1. The summed E-state index contributed by atoms with van der Waals surface area (Å²) in [4.78, 5) is 42.8. The van der Waals surface area contributed by atoms with E-state index in [1.54, 1.807) is 20.8 Å². The fourth-order valence-corrected chi connectivity index (χ4v) is 2.47. The van der Waals surface area contributed by atoms with Crippen molar-refractivity contribution in [3.05, 3.63) is 51.6 Å². The minimum Gasteiger partial charge on any atom is -0.461 e. The molecule has 0 aliphatic carbocycles. The number of aromatic nitrogens is 2. The number of H-pyrrole nitrogens is 1. The lowest BCUT2D eigenvalue weighted by atomic mass is 10.1. The molecule has 2 rings (SSSR count). The Balaban J connectivity index is 2.09. The van der Waals surface area contributed by atoms with E-state index in [1.807, 2.05) is 0 Å². The highest BCUT2D eigenvalue weighted by Crippen LogP contribution is 2.19. The van der Waals surface area contributed by atoms with Gasteiger partial charge in [-0.05, 0) is 38.5 Å². The molecular weight excluding hydrogens is 348 g/mol. The van der Waals surface area contributed by atoms with Crippen molar-refractivity contribution in [1.82, 2.24) is 9.97 Å². The largest absolute Gasteiger partial charge is 0.461 e. The SMILES string of the molecule is CCOC(=O)c1[nH]c(C)c(C(=O)COC(=O)c2ccc(Cl)nc2)c1C. The van der Waals surface area contributed by atoms with Crippen molar-refractivity contribution in [2.45, 2.75) is 20.8 Å². The number of halogens is 1. The molecule has 0 spiro atoms. The number of aryl methyl sites for hydroxylation is 1. The fraction of sp³-hybridized carbons (Fsp3) is 0.294. The van der Waals surface area contributed by atoms with E-state index in [9.17, 15) is 14.4 Å². The van der Waals surface area contributed by atoms with Crippen LogP contribution in [0.5, 0.6) is 0 Å². The van der Waals surface area contributed by atoms with Gasteiger partial charge in [-0.3, -0.25) is 4.79 Å². The summed E-state index contributed by atoms with van der Waals surface area (Å²) >= 11 is 5.65. The summed E-state index contributed by atoms with van der Waals surface area (Å²) in [6, 6.07) is 2.90. The zero-order valence-electron chi connectivity index (χ0n) is 14.0. The lowest BCUT2D eigenvalue weighted by Crippen LogP contribution is -2.15. The molecular formula is C17H17ClN2O5. The summed E-state index contributed by atoms with van der Waals surface area (Å²) in [5.41, 5.74) is 1.69. The maximum absolute atomic E-state index is 12.4. The van der Waals surface area contributed by atoms with Crippen molar-refractivity contribution in [1.29, 1.82) is 0 Å². The van der Waals surface area contributed by atoms with E-state index < -0.39 is 24.3 Å². The fourth-order valence-electron chi connectivity index (χ4n) is 2.36. The zero-order chi connectivity index (χ0) is 18.6. The van der Waals surface area contributed by atoms with E-state index in [-0.39, 0.29) is 23.0 Å². The lowest BCUT2D eigenvalue weighted by Gasteiger charge is -2.05. The Morgan fingerprint density at radius 2 is 1.88 bits per heavy atom. The Morgan fingerprint density at radius 3 is 2.48 bits per heavy atom. The van der Waals surface area contributed by atoms with Gasteiger partial charge in [-0.2, -0.15) is 0 Å². The number of rotatable bonds is 6. The van der Waals surface area contributed by atoms with Crippen LogP contribution in [0.1, 0.15) is 49.4 Å². The predicted molar refractivity (Wildman–Crippen MR) is 90.1 cm³/mol. The molecule has 0 aliphatic rings. The molecule has 25 heavy (non-hydrogen) atoms. The molecule has 0 saturated carbocycles. The normalized spacial score (nSPS) is 10.4. The molecule has 2 aromatic heterocycles. The number of Topliss-reactive ketones (excluding diaryl/α,β-unsaturated/α-hetero) is 1. The topological polar surface area (TPSA) is 98.4 Å². The molecule has 7 nitrogen and oxygen atoms in total. The van der Waals surface area contributed by atoms with Crippen molar-refractivity contribution in [2.24, 2.45) is 0 Å². The first-order valence-electron chi connectivity index (χ1n) is 7.53. The number of carbonyl (C=O) groups excluding carboxylic acids is 3. The average Bonchev–Trinajstić information content (AvgIpc) is 2.88. The van der Waals surface area contributed by atoms with Gasteiger partial charge in [0.1, 0.15) is 10.8 Å². The molecule has 0 aliphatic heterocycles. The van der Waals surface area contributed by atoms with Gasteiger partial charge >= 0.3 is 11.9 Å². The van der Waals surface area contributed by atoms with Gasteiger partial charge in [-0.25, -0.2) is 14.6 Å². The van der Waals surface area contributed by atoms with E-state index in [0.717, 1.165) is 0 Å². The van der Waals surface area contributed by atoms with Crippen LogP contribution in [-0.2, 0) is 9.47 Å². The quantitative estimate of drug-likeness (QED) is 0.480. The van der Waals surface area contributed by atoms with Crippen LogP contribution in [0.4, 0.5) is 0 Å². The lowest BCUT2D eigenvalue weighted by molar-refractivity contribution is 0.0472. The Bertz CT molecular complexity index is 811. The van der Waals surface area contributed by atoms with Crippen LogP contribution in [0.3, 0.4) is 0 Å². The van der Waals surface area contributed by atoms with Crippen LogP contribution < -0.4 is 0 Å². The number of ketones is 1. The molecule has 0 radical (unpaired) electrons. The van der Waals surface area contributed by atoms with Crippen molar-refractivity contribution < 1.29 is 23.9 Å². The van der Waals surface area contributed by atoms with Crippen LogP contribution in [0.25, 0.3) is 0 Å². The third-order valence-corrected chi connectivity index (χ3v) is 3.72. The number of hydrogen-bond donors (Lipinski definition) is 1. The molecule has 2 aromatic rings. The monoisotopic (exact) mass is 364 g/mol. The highest BCUT2D eigenvalue weighted by molar-refractivity contribution is 6.29. The molecule has 132 valence electrons. The summed E-state index contributed by atoms with van der Waals surface area (Å²) in [5, 5.41) is 0.248. The number of esters is 2. The van der Waals surface area contributed by atoms with Gasteiger partial charge in [0.05, 0.1) is 12.2 Å². The molecule has 0 unspecified atom stereocenters.